The molecule has 1 aromatic heterocycles. The summed E-state index contributed by atoms with van der Waals surface area (Å²) >= 11 is 1.29. The molecule has 0 radical (unpaired) electrons. The number of hydrogen-bond donors (Lipinski definition) is 24. The number of imidazole rings is 1. The Morgan fingerprint density at radius 2 is 0.794 bits per heavy atom. The first-order valence-corrected chi connectivity index (χ1v) is 33.6. The number of carboxylic acid groups (broad SMARTS) is 7. The number of aromatic amines is 1. The smallest absolute Gasteiger partial charge is 0.326 e. The number of benzene rings is 1. The lowest BCUT2D eigenvalue weighted by Gasteiger charge is -2.27. The molecule has 46 heteroatoms. The van der Waals surface area contributed by atoms with Crippen molar-refractivity contribution in [3.8, 4) is 0 Å². The molecule has 0 spiro atoms. The highest BCUT2D eigenvalue weighted by molar-refractivity contribution is 7.98. The fourth-order valence-corrected chi connectivity index (χ4v) is 9.76. The van der Waals surface area contributed by atoms with E-state index in [0.717, 1.165) is 27.1 Å². The lowest BCUT2D eigenvalue weighted by Crippen LogP contribution is -2.61. The highest BCUT2D eigenvalue weighted by Gasteiger charge is 2.38. The highest BCUT2D eigenvalue weighted by Crippen LogP contribution is 2.11. The van der Waals surface area contributed by atoms with E-state index in [1.165, 1.54) is 48.3 Å². The number of H-pyrrole nitrogens is 1. The summed E-state index contributed by atoms with van der Waals surface area (Å²) in [6.45, 7) is 0.919. The van der Waals surface area contributed by atoms with Crippen LogP contribution in [0.5, 0.6) is 0 Å². The summed E-state index contributed by atoms with van der Waals surface area (Å²) in [6.07, 6.45) is -8.49. The summed E-state index contributed by atoms with van der Waals surface area (Å²) in [5.41, 5.74) is 5.80. The van der Waals surface area contributed by atoms with Crippen LogP contribution in [0.15, 0.2) is 42.9 Å². The van der Waals surface area contributed by atoms with E-state index < -0.39 is 281 Å². The van der Waals surface area contributed by atoms with Crippen molar-refractivity contribution < 1.29 is 142 Å². The maximum atomic E-state index is 14.4. The third-order valence-electron chi connectivity index (χ3n) is 14.8. The first-order valence-electron chi connectivity index (χ1n) is 32.2. The van der Waals surface area contributed by atoms with Gasteiger partial charge < -0.3 is 126 Å². The van der Waals surface area contributed by atoms with Crippen molar-refractivity contribution in [2.45, 2.75) is 176 Å². The number of nitrogens with one attached hydrogen (secondary N) is 14. The minimum absolute atomic E-state index is 0.0121. The van der Waals surface area contributed by atoms with Gasteiger partial charge in [-0.25, -0.2) is 9.78 Å². The standard InChI is InChI=1S/C61H86N16O29S/c1-26(50(94)71-34(61(105)106)14-15-107-4)67-52(96)32(10-12-42(82)83)68-40(80)23-64-59(103)49(28(3)79)77-58(102)39(21-47(92)93)74-53(97)33(11-13-43(84)85)70-54(98)35(16-29-8-6-5-7-9-29)73-56(100)37(19-45(88)89)75-55(99)36(17-30-22-63-25-66-30)69-41(81)24-65-60(104)48(27(2)78)76-57(101)38(20-46(90)91)72-51(95)31(62)18-44(86)87/h5-9,22,25-28,31-39,48-49,78-79H,10-21,23-24,62H2,1-4H3,(H,63,66)(H,64,103)(H,65,104)(H,67,96)(H,68,80)(H,69,81)(H,70,98)(H,71,94)(H,72,95)(H,73,100)(H,74,97)(H,75,99)(H,76,101)(H,77,102)(H,82,83)(H,84,85)(H,86,87)(H,88,89)(H,90,91)(H,92,93)(H,105,106)/t26-,27+,28+,31-,32-,33-,34-,35-,36-,37-,38-,39-,48-,49-/m0/s1. The van der Waals surface area contributed by atoms with Gasteiger partial charge in [-0.3, -0.25) is 91.1 Å². The number of amides is 13. The van der Waals surface area contributed by atoms with Gasteiger partial charge in [0.2, 0.25) is 76.8 Å². The second-order valence-electron chi connectivity index (χ2n) is 23.7. The molecule has 25 N–H and O–H groups in total. The minimum Gasteiger partial charge on any atom is -0.481 e. The van der Waals surface area contributed by atoms with Crippen molar-refractivity contribution in [2.24, 2.45) is 5.73 Å². The van der Waals surface area contributed by atoms with Crippen LogP contribution in [0.2, 0.25) is 0 Å². The first kappa shape index (κ1) is 91.1. The summed E-state index contributed by atoms with van der Waals surface area (Å²) in [4.78, 5) is 265. The number of carboxylic acids is 7. The molecule has 1 aromatic carbocycles. The number of aromatic nitrogens is 2. The number of carbonyl (C=O) groups excluding carboxylic acids is 13. The quantitative estimate of drug-likeness (QED) is 0.0292. The maximum absolute atomic E-state index is 14.4. The second kappa shape index (κ2) is 46.0. The van der Waals surface area contributed by atoms with Gasteiger partial charge in [-0.05, 0) is 57.6 Å². The zero-order chi connectivity index (χ0) is 80.9. The maximum Gasteiger partial charge on any atom is 0.326 e. The van der Waals surface area contributed by atoms with Crippen LogP contribution in [-0.4, -0.2) is 284 Å². The van der Waals surface area contributed by atoms with Gasteiger partial charge in [0.25, 0.3) is 0 Å². The van der Waals surface area contributed by atoms with Gasteiger partial charge in [-0.1, -0.05) is 30.3 Å². The summed E-state index contributed by atoms with van der Waals surface area (Å²) in [5.74, 6) is -27.8. The molecule has 0 aliphatic rings. The van der Waals surface area contributed by atoms with E-state index in [1.807, 2.05) is 26.6 Å². The predicted octanol–water partition coefficient (Wildman–Crippen LogP) is -9.66. The Morgan fingerprint density at radius 3 is 1.21 bits per heavy atom. The number of nitrogens with zero attached hydrogens (tertiary/aromatic N) is 1. The predicted molar refractivity (Wildman–Crippen MR) is 360 cm³/mol. The van der Waals surface area contributed by atoms with Crippen LogP contribution in [0.25, 0.3) is 0 Å². The Kier molecular flexibility index (Phi) is 39.2. The van der Waals surface area contributed by atoms with E-state index in [-0.39, 0.29) is 17.7 Å². The molecule has 0 saturated heterocycles. The molecule has 0 bridgehead atoms. The number of rotatable bonds is 50. The van der Waals surface area contributed by atoms with Crippen LogP contribution in [-0.2, 0) is 109 Å². The lowest BCUT2D eigenvalue weighted by atomic mass is 10.0. The van der Waals surface area contributed by atoms with E-state index in [4.69, 9.17) is 10.8 Å². The number of aliphatic hydroxyl groups excluding tert-OH is 2. The van der Waals surface area contributed by atoms with Gasteiger partial charge in [0.05, 0.1) is 69.0 Å². The van der Waals surface area contributed by atoms with Gasteiger partial charge in [0.15, 0.2) is 0 Å². The van der Waals surface area contributed by atoms with Crippen LogP contribution < -0.4 is 74.9 Å². The fourth-order valence-electron chi connectivity index (χ4n) is 9.29. The zero-order valence-electron chi connectivity index (χ0n) is 57.6. The Labute approximate surface area is 610 Å². The molecule has 107 heavy (non-hydrogen) atoms. The van der Waals surface area contributed by atoms with Gasteiger partial charge in [0, 0.05) is 31.9 Å². The van der Waals surface area contributed by atoms with Gasteiger partial charge in [0.1, 0.15) is 66.5 Å². The third-order valence-corrected chi connectivity index (χ3v) is 15.5. The van der Waals surface area contributed by atoms with E-state index in [2.05, 4.69) is 52.5 Å². The summed E-state index contributed by atoms with van der Waals surface area (Å²) in [6, 6.07) is -15.3. The second-order valence-corrected chi connectivity index (χ2v) is 24.6. The fraction of sp³-hybridized carbons (Fsp3) is 0.525. The Balaban J connectivity index is 2.42. The van der Waals surface area contributed by atoms with E-state index in [9.17, 15) is 137 Å². The van der Waals surface area contributed by atoms with Crippen molar-refractivity contribution >= 4 is 130 Å². The molecule has 0 aliphatic carbocycles. The van der Waals surface area contributed by atoms with Crippen molar-refractivity contribution in [1.82, 2.24) is 79.1 Å². The molecule has 0 aliphatic heterocycles. The van der Waals surface area contributed by atoms with Crippen LogP contribution >= 0.6 is 11.8 Å². The molecule has 0 fully saturated rings. The SMILES string of the molecule is CSCC[C@H](NC(=O)[C@H](C)NC(=O)[C@H](CCC(=O)O)NC(=O)CNC(=O)[C@@H](NC(=O)[C@H](CC(=O)O)NC(=O)[C@H](CCC(=O)O)NC(=O)[C@H](Cc1ccccc1)NC(=O)[C@H](CC(=O)O)NC(=O)[C@H](Cc1c[nH]cn1)NC(=O)CNC(=O)[C@@H](NC(=O)[C@H](CC(=O)O)NC(=O)[C@@H](N)CC(=O)O)[C@@H](C)O)[C@@H](C)O)C(=O)O. The largest absolute Gasteiger partial charge is 0.481 e. The normalized spacial score (nSPS) is 14.8. The van der Waals surface area contributed by atoms with E-state index in [0.29, 0.717) is 5.75 Å². The van der Waals surface area contributed by atoms with Gasteiger partial charge in [-0.2, -0.15) is 11.8 Å². The van der Waals surface area contributed by atoms with Crippen LogP contribution in [0.3, 0.4) is 0 Å². The number of aliphatic hydroxyl groups is 2. The molecule has 0 unspecified atom stereocenters. The molecule has 45 nitrogen and oxygen atoms in total. The summed E-state index contributed by atoms with van der Waals surface area (Å²) < 4.78 is 0. The topological polar surface area (TPSA) is 735 Å². The zero-order valence-corrected chi connectivity index (χ0v) is 58.5. The Hall–Kier alpha value is -11.9. The average molecular weight is 1540 g/mol. The molecular formula is C61H86N16O29S. The van der Waals surface area contributed by atoms with Crippen molar-refractivity contribution in [2.75, 3.05) is 25.1 Å². The first-order chi connectivity index (χ1) is 50.1. The molecule has 1 heterocycles. The molecule has 2 aromatic rings. The molecule has 14 atom stereocenters. The molecular weight excluding hydrogens is 1450 g/mol. The highest BCUT2D eigenvalue weighted by atomic mass is 32.2. The number of thioether (sulfide) groups is 1. The molecule has 2 rings (SSSR count). The third kappa shape index (κ3) is 34.9. The molecule has 0 saturated carbocycles. The van der Waals surface area contributed by atoms with Crippen molar-refractivity contribution in [3.05, 3.63) is 54.1 Å². The lowest BCUT2D eigenvalue weighted by molar-refractivity contribution is -0.143. The van der Waals surface area contributed by atoms with E-state index in [1.54, 1.807) is 6.26 Å². The Morgan fingerprint density at radius 1 is 0.421 bits per heavy atom. The summed E-state index contributed by atoms with van der Waals surface area (Å²) in [7, 11) is 0. The number of aliphatic carboxylic acids is 7. The van der Waals surface area contributed by atoms with Gasteiger partial charge >= 0.3 is 41.8 Å². The number of nitrogens with two attached hydrogens (primary N) is 1. The average Bonchev–Trinajstić information content (AvgIpc) is 1.09. The summed E-state index contributed by atoms with van der Waals surface area (Å²) in [5, 5.41) is 115. The van der Waals surface area contributed by atoms with Gasteiger partial charge in [-0.15, -0.1) is 0 Å². The van der Waals surface area contributed by atoms with Crippen LogP contribution in [0.4, 0.5) is 0 Å². The molecule has 13 amide bonds. The van der Waals surface area contributed by atoms with Crippen LogP contribution in [0, 0.1) is 0 Å². The van der Waals surface area contributed by atoms with E-state index >= 15 is 0 Å². The van der Waals surface area contributed by atoms with Crippen molar-refractivity contribution in [3.63, 3.8) is 0 Å². The number of hydrogen-bond acceptors (Lipinski definition) is 25. The van der Waals surface area contributed by atoms with Crippen LogP contribution in [0.1, 0.15) is 89.8 Å². The minimum atomic E-state index is -2.26. The van der Waals surface area contributed by atoms with Crippen molar-refractivity contribution in [1.29, 1.82) is 0 Å². The monoisotopic (exact) mass is 1540 g/mol. The number of carbonyl (C=O) groups is 20. The Bertz CT molecular complexity index is 3530. The molecule has 590 valence electrons.